The van der Waals surface area contributed by atoms with Crippen molar-refractivity contribution in [3.05, 3.63) is 44.7 Å². The van der Waals surface area contributed by atoms with Crippen LogP contribution in [-0.2, 0) is 23.9 Å². The molecule has 1 aromatic rings. The third-order valence-electron chi connectivity index (χ3n) is 6.03. The second-order valence-corrected chi connectivity index (χ2v) is 8.85. The molecule has 3 atom stereocenters. The van der Waals surface area contributed by atoms with E-state index in [1.54, 1.807) is 26.0 Å². The number of hydrogen-bond donors (Lipinski definition) is 1. The molecule has 2 aliphatic rings. The topological polar surface area (TPSA) is 100 Å². The largest absolute Gasteiger partial charge is 0.493 e. The molecule has 1 aromatic carbocycles. The lowest BCUT2D eigenvalue weighted by molar-refractivity contribution is -0.151. The smallest absolute Gasteiger partial charge is 0.336 e. The zero-order chi connectivity index (χ0) is 24.4. The number of ketones is 1. The summed E-state index contributed by atoms with van der Waals surface area (Å²) in [5, 5.41) is 3.23. The van der Waals surface area contributed by atoms with E-state index >= 15 is 0 Å². The van der Waals surface area contributed by atoms with Crippen LogP contribution < -0.4 is 14.8 Å². The van der Waals surface area contributed by atoms with E-state index in [0.717, 1.165) is 0 Å². The first-order chi connectivity index (χ1) is 15.7. The van der Waals surface area contributed by atoms with Crippen molar-refractivity contribution in [3.8, 4) is 11.5 Å². The van der Waals surface area contributed by atoms with Gasteiger partial charge in [-0.05, 0) is 59.8 Å². The number of halogens is 1. The molecule has 0 amide bonds. The fraction of sp³-hybridized carbons (Fsp3) is 0.458. The van der Waals surface area contributed by atoms with E-state index in [-0.39, 0.29) is 18.3 Å². The molecule has 1 N–H and O–H groups in total. The Kier molecular flexibility index (Phi) is 7.51. The van der Waals surface area contributed by atoms with Crippen LogP contribution in [0.5, 0.6) is 11.5 Å². The van der Waals surface area contributed by atoms with Crippen LogP contribution in [0.2, 0.25) is 0 Å². The van der Waals surface area contributed by atoms with Crippen LogP contribution >= 0.6 is 15.9 Å². The van der Waals surface area contributed by atoms with Crippen molar-refractivity contribution in [1.82, 2.24) is 5.32 Å². The van der Waals surface area contributed by atoms with E-state index in [4.69, 9.17) is 18.9 Å². The Morgan fingerprint density at radius 2 is 1.88 bits per heavy atom. The highest BCUT2D eigenvalue weighted by Gasteiger charge is 2.47. The minimum Gasteiger partial charge on any atom is -0.493 e. The van der Waals surface area contributed by atoms with Gasteiger partial charge in [-0.15, -0.1) is 0 Å². The standard InChI is InChI=1S/C24H28BrNO7/c1-7-33-24(29)18-12(3)26-15-8-11(2)17(23(28)32-6)21(27)20(15)19(18)13-9-14(25)22(31-5)16(10-13)30-4/h9-11,17,19,26H,7-8H2,1-6H3/t11-,17-,19-/m1/s1. The summed E-state index contributed by atoms with van der Waals surface area (Å²) in [5.74, 6) is -2.55. The van der Waals surface area contributed by atoms with Gasteiger partial charge in [0.2, 0.25) is 0 Å². The van der Waals surface area contributed by atoms with E-state index in [2.05, 4.69) is 21.2 Å². The van der Waals surface area contributed by atoms with Gasteiger partial charge in [-0.25, -0.2) is 4.79 Å². The SMILES string of the molecule is CCOC(=O)C1=C(C)NC2=C(C(=O)[C@H](C(=O)OC)[C@H](C)C2)[C@@H]1c1cc(Br)c(OC)c(OC)c1. The molecule has 178 valence electrons. The number of carbonyl (C=O) groups is 3. The maximum Gasteiger partial charge on any atom is 0.336 e. The minimum atomic E-state index is -0.955. The lowest BCUT2D eigenvalue weighted by Crippen LogP contribution is -2.43. The number of ether oxygens (including phenoxy) is 4. The van der Waals surface area contributed by atoms with Gasteiger partial charge in [0.1, 0.15) is 5.92 Å². The molecule has 0 fully saturated rings. The quantitative estimate of drug-likeness (QED) is 0.447. The summed E-state index contributed by atoms with van der Waals surface area (Å²) in [4.78, 5) is 39.3. The molecule has 9 heteroatoms. The van der Waals surface area contributed by atoms with Crippen molar-refractivity contribution in [3.63, 3.8) is 0 Å². The van der Waals surface area contributed by atoms with Gasteiger partial charge in [0.15, 0.2) is 17.3 Å². The first-order valence-electron chi connectivity index (χ1n) is 10.6. The maximum atomic E-state index is 13.7. The van der Waals surface area contributed by atoms with Gasteiger partial charge in [-0.1, -0.05) is 6.92 Å². The van der Waals surface area contributed by atoms with Gasteiger partial charge in [0, 0.05) is 22.9 Å². The molecule has 0 saturated heterocycles. The molecular weight excluding hydrogens is 494 g/mol. The van der Waals surface area contributed by atoms with Gasteiger partial charge in [-0.2, -0.15) is 0 Å². The van der Waals surface area contributed by atoms with Gasteiger partial charge in [0.25, 0.3) is 0 Å². The second kappa shape index (κ2) is 9.99. The van der Waals surface area contributed by atoms with Gasteiger partial charge in [0.05, 0.1) is 38.0 Å². The Morgan fingerprint density at radius 1 is 1.18 bits per heavy atom. The summed E-state index contributed by atoms with van der Waals surface area (Å²) in [5.41, 5.74) is 2.58. The predicted molar refractivity (Wildman–Crippen MR) is 124 cm³/mol. The van der Waals surface area contributed by atoms with Crippen LogP contribution in [0.25, 0.3) is 0 Å². The summed E-state index contributed by atoms with van der Waals surface area (Å²) in [6, 6.07) is 3.52. The van der Waals surface area contributed by atoms with E-state index in [1.807, 2.05) is 6.92 Å². The van der Waals surface area contributed by atoms with E-state index in [9.17, 15) is 14.4 Å². The van der Waals surface area contributed by atoms with Crippen LogP contribution in [0.1, 0.15) is 38.7 Å². The number of hydrogen-bond acceptors (Lipinski definition) is 8. The van der Waals surface area contributed by atoms with Crippen molar-refractivity contribution in [2.24, 2.45) is 11.8 Å². The summed E-state index contributed by atoms with van der Waals surface area (Å²) in [6.07, 6.45) is 0.458. The normalized spacial score (nSPS) is 22.4. The van der Waals surface area contributed by atoms with Crippen molar-refractivity contribution in [2.75, 3.05) is 27.9 Å². The highest BCUT2D eigenvalue weighted by molar-refractivity contribution is 9.10. The maximum absolute atomic E-state index is 13.7. The Labute approximate surface area is 201 Å². The van der Waals surface area contributed by atoms with Crippen LogP contribution in [0.15, 0.2) is 39.1 Å². The Bertz CT molecular complexity index is 1060. The number of dihydropyridines is 1. The van der Waals surface area contributed by atoms with Crippen molar-refractivity contribution < 1.29 is 33.3 Å². The predicted octanol–water partition coefficient (Wildman–Crippen LogP) is 3.64. The van der Waals surface area contributed by atoms with Crippen molar-refractivity contribution >= 4 is 33.7 Å². The third kappa shape index (κ3) is 4.38. The summed E-state index contributed by atoms with van der Waals surface area (Å²) >= 11 is 3.50. The molecule has 1 aliphatic carbocycles. The monoisotopic (exact) mass is 521 g/mol. The first kappa shape index (κ1) is 24.8. The molecule has 8 nitrogen and oxygen atoms in total. The molecule has 0 bridgehead atoms. The van der Waals surface area contributed by atoms with E-state index in [0.29, 0.717) is 50.5 Å². The van der Waals surface area contributed by atoms with Crippen molar-refractivity contribution in [1.29, 1.82) is 0 Å². The zero-order valence-electron chi connectivity index (χ0n) is 19.5. The highest BCUT2D eigenvalue weighted by atomic mass is 79.9. The van der Waals surface area contributed by atoms with E-state index in [1.165, 1.54) is 21.3 Å². The Hall–Kier alpha value is -2.81. The minimum absolute atomic E-state index is 0.180. The molecule has 0 saturated carbocycles. The average molecular weight is 522 g/mol. The Balaban J connectivity index is 2.27. The number of carbonyl (C=O) groups excluding carboxylic acids is 3. The van der Waals surface area contributed by atoms with Gasteiger partial charge < -0.3 is 24.3 Å². The molecule has 0 radical (unpaired) electrons. The molecule has 33 heavy (non-hydrogen) atoms. The molecule has 0 spiro atoms. The third-order valence-corrected chi connectivity index (χ3v) is 6.62. The van der Waals surface area contributed by atoms with Crippen molar-refractivity contribution in [2.45, 2.75) is 33.1 Å². The lowest BCUT2D eigenvalue weighted by Gasteiger charge is -2.38. The summed E-state index contributed by atoms with van der Waals surface area (Å²) in [7, 11) is 4.30. The summed E-state index contributed by atoms with van der Waals surface area (Å²) < 4.78 is 21.8. The summed E-state index contributed by atoms with van der Waals surface area (Å²) in [6.45, 7) is 5.52. The number of nitrogens with one attached hydrogen (secondary N) is 1. The fourth-order valence-corrected chi connectivity index (χ4v) is 5.22. The fourth-order valence-electron chi connectivity index (χ4n) is 4.60. The molecule has 3 rings (SSSR count). The second-order valence-electron chi connectivity index (χ2n) is 7.99. The molecular formula is C24H28BrNO7. The number of benzene rings is 1. The van der Waals surface area contributed by atoms with Gasteiger partial charge >= 0.3 is 11.9 Å². The van der Waals surface area contributed by atoms with Gasteiger partial charge in [-0.3, -0.25) is 9.59 Å². The van der Waals surface area contributed by atoms with Crippen LogP contribution in [-0.4, -0.2) is 45.7 Å². The number of esters is 2. The zero-order valence-corrected chi connectivity index (χ0v) is 21.1. The Morgan fingerprint density at radius 3 is 2.45 bits per heavy atom. The van der Waals surface area contributed by atoms with Crippen LogP contribution in [0.3, 0.4) is 0 Å². The number of Topliss-reactive ketones (excluding diaryl/α,β-unsaturated/α-hetero) is 1. The highest BCUT2D eigenvalue weighted by Crippen LogP contribution is 2.48. The molecule has 0 aromatic heterocycles. The molecule has 0 unspecified atom stereocenters. The lowest BCUT2D eigenvalue weighted by atomic mass is 9.69. The average Bonchev–Trinajstić information content (AvgIpc) is 2.77. The molecule has 1 heterocycles. The number of rotatable bonds is 6. The molecule has 1 aliphatic heterocycles. The van der Waals surface area contributed by atoms with E-state index < -0.39 is 23.8 Å². The first-order valence-corrected chi connectivity index (χ1v) is 11.4. The number of allylic oxidation sites excluding steroid dienone is 3. The van der Waals surface area contributed by atoms with Crippen LogP contribution in [0, 0.1) is 11.8 Å². The number of methoxy groups -OCH3 is 3. The van der Waals surface area contributed by atoms with Crippen LogP contribution in [0.4, 0.5) is 0 Å².